The Morgan fingerprint density at radius 1 is 1.29 bits per heavy atom. The van der Waals surface area contributed by atoms with E-state index in [0.717, 1.165) is 22.9 Å². The fraction of sp³-hybridized carbons (Fsp3) is 0.278. The third-order valence-electron chi connectivity index (χ3n) is 4.24. The summed E-state index contributed by atoms with van der Waals surface area (Å²) in [5, 5.41) is 7.93. The highest BCUT2D eigenvalue weighted by Gasteiger charge is 2.18. The van der Waals surface area contributed by atoms with Crippen molar-refractivity contribution >= 4 is 16.8 Å². The summed E-state index contributed by atoms with van der Waals surface area (Å²) < 4.78 is 3.25. The molecule has 0 saturated carbocycles. The molecule has 3 aromatic rings. The molecule has 24 heavy (non-hydrogen) atoms. The maximum absolute atomic E-state index is 12.8. The molecule has 1 aromatic carbocycles. The van der Waals surface area contributed by atoms with Crippen LogP contribution in [0.15, 0.2) is 47.5 Å². The predicted molar refractivity (Wildman–Crippen MR) is 92.9 cm³/mol. The van der Waals surface area contributed by atoms with Crippen LogP contribution in [0, 0.1) is 0 Å². The van der Waals surface area contributed by atoms with Crippen molar-refractivity contribution in [3.8, 4) is 0 Å². The Hall–Kier alpha value is -2.89. The van der Waals surface area contributed by atoms with E-state index in [1.807, 2.05) is 44.4 Å². The number of hydrogen-bond donors (Lipinski definition) is 1. The second kappa shape index (κ2) is 6.31. The van der Waals surface area contributed by atoms with Crippen molar-refractivity contribution < 1.29 is 4.79 Å². The summed E-state index contributed by atoms with van der Waals surface area (Å²) in [6, 6.07) is 8.67. The van der Waals surface area contributed by atoms with Gasteiger partial charge in [-0.3, -0.25) is 14.3 Å². The van der Waals surface area contributed by atoms with E-state index in [9.17, 15) is 9.59 Å². The van der Waals surface area contributed by atoms with Crippen molar-refractivity contribution in [1.29, 1.82) is 0 Å². The van der Waals surface area contributed by atoms with Gasteiger partial charge in [-0.1, -0.05) is 25.1 Å². The average molecular weight is 324 g/mol. The molecule has 0 bridgehead atoms. The van der Waals surface area contributed by atoms with E-state index in [4.69, 9.17) is 0 Å². The van der Waals surface area contributed by atoms with E-state index in [1.54, 1.807) is 22.5 Å². The molecular weight excluding hydrogens is 304 g/mol. The second-order valence-electron chi connectivity index (χ2n) is 5.85. The number of hydrogen-bond acceptors (Lipinski definition) is 3. The number of pyridine rings is 1. The number of carbonyl (C=O) groups is 1. The van der Waals surface area contributed by atoms with Crippen LogP contribution in [-0.4, -0.2) is 20.3 Å². The van der Waals surface area contributed by atoms with Crippen molar-refractivity contribution in [1.82, 2.24) is 19.7 Å². The standard InChI is InChI=1S/C18H20N4O2/c1-4-15(12-10-19-21(2)11-12)20-18(24)14-9-17(23)22(3)16-8-6-5-7-13(14)16/h5-11,15H,4H2,1-3H3,(H,20,24)/t15-/m0/s1. The largest absolute Gasteiger partial charge is 0.345 e. The first kappa shape index (κ1) is 16.0. The maximum atomic E-state index is 12.8. The first-order valence-corrected chi connectivity index (χ1v) is 7.89. The Kier molecular flexibility index (Phi) is 4.20. The smallest absolute Gasteiger partial charge is 0.252 e. The molecule has 1 atom stereocenters. The molecule has 0 aliphatic heterocycles. The van der Waals surface area contributed by atoms with Crippen molar-refractivity contribution in [3.63, 3.8) is 0 Å². The molecule has 3 rings (SSSR count). The molecule has 2 aromatic heterocycles. The minimum Gasteiger partial charge on any atom is -0.345 e. The molecule has 0 fully saturated rings. The summed E-state index contributed by atoms with van der Waals surface area (Å²) in [7, 11) is 3.54. The van der Waals surface area contributed by atoms with Crippen molar-refractivity contribution in [2.45, 2.75) is 19.4 Å². The van der Waals surface area contributed by atoms with Crippen LogP contribution in [0.5, 0.6) is 0 Å². The molecule has 6 heteroatoms. The number of aryl methyl sites for hydroxylation is 2. The lowest BCUT2D eigenvalue weighted by atomic mass is 10.1. The number of carbonyl (C=O) groups excluding carboxylic acids is 1. The van der Waals surface area contributed by atoms with Crippen molar-refractivity contribution in [3.05, 3.63) is 64.2 Å². The minimum absolute atomic E-state index is 0.144. The highest BCUT2D eigenvalue weighted by atomic mass is 16.2. The molecule has 0 aliphatic carbocycles. The summed E-state index contributed by atoms with van der Waals surface area (Å²) in [6.45, 7) is 2.00. The lowest BCUT2D eigenvalue weighted by molar-refractivity contribution is 0.0937. The molecule has 2 heterocycles. The van der Waals surface area contributed by atoms with Gasteiger partial charge in [0.05, 0.1) is 23.3 Å². The fourth-order valence-electron chi connectivity index (χ4n) is 2.88. The van der Waals surface area contributed by atoms with Crippen LogP contribution in [0.4, 0.5) is 0 Å². The number of nitrogens with zero attached hydrogens (tertiary/aromatic N) is 3. The van der Waals surface area contributed by atoms with Gasteiger partial charge in [0, 0.05) is 37.3 Å². The van der Waals surface area contributed by atoms with E-state index in [2.05, 4.69) is 10.4 Å². The van der Waals surface area contributed by atoms with E-state index in [0.29, 0.717) is 5.56 Å². The van der Waals surface area contributed by atoms with Crippen molar-refractivity contribution in [2.24, 2.45) is 14.1 Å². The third kappa shape index (κ3) is 2.82. The lowest BCUT2D eigenvalue weighted by Gasteiger charge is -2.17. The van der Waals surface area contributed by atoms with Crippen LogP contribution in [0.3, 0.4) is 0 Å². The van der Waals surface area contributed by atoms with Crippen LogP contribution in [0.25, 0.3) is 10.9 Å². The van der Waals surface area contributed by atoms with E-state index >= 15 is 0 Å². The van der Waals surface area contributed by atoms with Crippen LogP contribution < -0.4 is 10.9 Å². The zero-order valence-electron chi connectivity index (χ0n) is 14.0. The van der Waals surface area contributed by atoms with Gasteiger partial charge in [0.2, 0.25) is 0 Å². The van der Waals surface area contributed by atoms with Gasteiger partial charge in [0.15, 0.2) is 0 Å². The van der Waals surface area contributed by atoms with Gasteiger partial charge in [-0.25, -0.2) is 0 Å². The van der Waals surface area contributed by atoms with E-state index in [-0.39, 0.29) is 17.5 Å². The molecule has 1 N–H and O–H groups in total. The highest BCUT2D eigenvalue weighted by Crippen LogP contribution is 2.19. The van der Waals surface area contributed by atoms with Gasteiger partial charge in [-0.05, 0) is 12.5 Å². The minimum atomic E-state index is -0.250. The van der Waals surface area contributed by atoms with Crippen LogP contribution in [0.2, 0.25) is 0 Å². The Bertz CT molecular complexity index is 955. The number of nitrogens with one attached hydrogen (secondary N) is 1. The van der Waals surface area contributed by atoms with Gasteiger partial charge in [-0.15, -0.1) is 0 Å². The number of benzene rings is 1. The second-order valence-corrected chi connectivity index (χ2v) is 5.85. The number of para-hydroxylation sites is 1. The average Bonchev–Trinajstić information content (AvgIpc) is 3.02. The predicted octanol–water partition coefficient (Wildman–Crippen LogP) is 2.15. The van der Waals surface area contributed by atoms with Gasteiger partial charge < -0.3 is 9.88 Å². The van der Waals surface area contributed by atoms with Gasteiger partial charge in [0.1, 0.15) is 0 Å². The molecule has 0 spiro atoms. The number of rotatable bonds is 4. The summed E-state index contributed by atoms with van der Waals surface area (Å²) in [4.78, 5) is 24.9. The highest BCUT2D eigenvalue weighted by molar-refractivity contribution is 6.06. The molecule has 1 amide bonds. The first-order chi connectivity index (χ1) is 11.5. The molecule has 0 aliphatic rings. The van der Waals surface area contributed by atoms with E-state index in [1.165, 1.54) is 6.07 Å². The Balaban J connectivity index is 2.00. The number of fused-ring (bicyclic) bond motifs is 1. The summed E-state index contributed by atoms with van der Waals surface area (Å²) in [5.41, 5.74) is 1.88. The molecule has 0 saturated heterocycles. The molecular formula is C18H20N4O2. The zero-order chi connectivity index (χ0) is 17.3. The zero-order valence-corrected chi connectivity index (χ0v) is 14.0. The van der Waals surface area contributed by atoms with Gasteiger partial charge in [-0.2, -0.15) is 5.10 Å². The first-order valence-electron chi connectivity index (χ1n) is 7.89. The number of aromatic nitrogens is 3. The fourth-order valence-corrected chi connectivity index (χ4v) is 2.88. The molecule has 124 valence electrons. The summed E-state index contributed by atoms with van der Waals surface area (Å²) in [6.07, 6.45) is 4.37. The normalized spacial score (nSPS) is 12.3. The quantitative estimate of drug-likeness (QED) is 0.799. The Morgan fingerprint density at radius 2 is 2.04 bits per heavy atom. The number of amides is 1. The van der Waals surface area contributed by atoms with Crippen molar-refractivity contribution in [2.75, 3.05) is 0 Å². The SMILES string of the molecule is CC[C@H](NC(=O)c1cc(=O)n(C)c2ccccc12)c1cnn(C)c1. The Labute approximate surface area is 139 Å². The monoisotopic (exact) mass is 324 g/mol. The van der Waals surface area contributed by atoms with Crippen LogP contribution in [-0.2, 0) is 14.1 Å². The van der Waals surface area contributed by atoms with Gasteiger partial charge >= 0.3 is 0 Å². The van der Waals surface area contributed by atoms with Crippen LogP contribution >= 0.6 is 0 Å². The summed E-state index contributed by atoms with van der Waals surface area (Å²) >= 11 is 0. The Morgan fingerprint density at radius 3 is 2.71 bits per heavy atom. The molecule has 6 nitrogen and oxygen atoms in total. The van der Waals surface area contributed by atoms with E-state index < -0.39 is 0 Å². The third-order valence-corrected chi connectivity index (χ3v) is 4.24. The lowest BCUT2D eigenvalue weighted by Crippen LogP contribution is -2.30. The topological polar surface area (TPSA) is 68.9 Å². The maximum Gasteiger partial charge on any atom is 0.252 e. The summed E-state index contributed by atoms with van der Waals surface area (Å²) in [5.74, 6) is -0.250. The molecule has 0 unspecified atom stereocenters. The molecule has 0 radical (unpaired) electrons. The van der Waals surface area contributed by atoms with Gasteiger partial charge in [0.25, 0.3) is 11.5 Å². The van der Waals surface area contributed by atoms with Crippen LogP contribution in [0.1, 0.15) is 35.3 Å².